The van der Waals surface area contributed by atoms with E-state index in [2.05, 4.69) is 19.9 Å². The molecule has 3 heterocycles. The van der Waals surface area contributed by atoms with Crippen LogP contribution in [0, 0.1) is 12.8 Å². The molecule has 1 fully saturated rings. The first-order chi connectivity index (χ1) is 14.2. The smallest absolute Gasteiger partial charge is 0.224 e. The van der Waals surface area contributed by atoms with Crippen molar-refractivity contribution in [3.05, 3.63) is 54.4 Å². The Kier molecular flexibility index (Phi) is 5.55. The lowest BCUT2D eigenvalue weighted by molar-refractivity contribution is 0.285. The maximum absolute atomic E-state index is 6.13. The van der Waals surface area contributed by atoms with Crippen LogP contribution in [0.1, 0.15) is 30.8 Å². The predicted molar refractivity (Wildman–Crippen MR) is 108 cm³/mol. The molecule has 1 saturated carbocycles. The summed E-state index contributed by atoms with van der Waals surface area (Å²) in [4.78, 5) is 17.6. The lowest BCUT2D eigenvalue weighted by Crippen LogP contribution is -2.06. The van der Waals surface area contributed by atoms with Crippen molar-refractivity contribution in [3.63, 3.8) is 0 Å². The SMILES string of the molecule is CCOc1cc(-c2cnc(C)nc2OC[C@H]2CC2c2ccc(OC)cn2)ccn1. The fourth-order valence-corrected chi connectivity index (χ4v) is 3.27. The van der Waals surface area contributed by atoms with Gasteiger partial charge in [-0.05, 0) is 44.0 Å². The summed E-state index contributed by atoms with van der Waals surface area (Å²) in [6.45, 7) is 4.94. The van der Waals surface area contributed by atoms with Crippen molar-refractivity contribution in [2.75, 3.05) is 20.3 Å². The standard InChI is InChI=1S/C22H24N4O3/c1-4-28-21-10-15(7-8-23-21)19-12-24-14(2)26-22(19)29-13-16-9-18(16)20-6-5-17(27-3)11-25-20/h5-8,10-12,16,18H,4,9,13H2,1-3H3/t16-,18?/m1/s1. The highest BCUT2D eigenvalue weighted by atomic mass is 16.5. The van der Waals surface area contributed by atoms with Crippen LogP contribution in [0.5, 0.6) is 17.5 Å². The third kappa shape index (κ3) is 4.45. The van der Waals surface area contributed by atoms with Gasteiger partial charge in [0.05, 0.1) is 32.1 Å². The molecule has 1 aliphatic carbocycles. The van der Waals surface area contributed by atoms with Gasteiger partial charge in [-0.2, -0.15) is 4.98 Å². The van der Waals surface area contributed by atoms with Crippen molar-refractivity contribution in [3.8, 4) is 28.6 Å². The van der Waals surface area contributed by atoms with E-state index in [-0.39, 0.29) is 0 Å². The number of ether oxygens (including phenoxy) is 3. The first kappa shape index (κ1) is 19.1. The van der Waals surface area contributed by atoms with Crippen molar-refractivity contribution in [1.29, 1.82) is 0 Å². The molecule has 3 aromatic heterocycles. The second-order valence-corrected chi connectivity index (χ2v) is 6.99. The van der Waals surface area contributed by atoms with Crippen LogP contribution in [0.15, 0.2) is 42.9 Å². The molecule has 0 N–H and O–H groups in total. The molecule has 0 radical (unpaired) electrons. The third-order valence-corrected chi connectivity index (χ3v) is 4.94. The molecular weight excluding hydrogens is 368 g/mol. The van der Waals surface area contributed by atoms with Crippen LogP contribution in [0.25, 0.3) is 11.1 Å². The van der Waals surface area contributed by atoms with E-state index in [9.17, 15) is 0 Å². The van der Waals surface area contributed by atoms with E-state index in [1.165, 1.54) is 0 Å². The molecule has 2 atom stereocenters. The highest BCUT2D eigenvalue weighted by Gasteiger charge is 2.40. The summed E-state index contributed by atoms with van der Waals surface area (Å²) in [6.07, 6.45) is 6.33. The highest BCUT2D eigenvalue weighted by molar-refractivity contribution is 5.68. The van der Waals surface area contributed by atoms with Gasteiger partial charge in [0.2, 0.25) is 11.8 Å². The van der Waals surface area contributed by atoms with Crippen LogP contribution in [-0.4, -0.2) is 40.3 Å². The largest absolute Gasteiger partial charge is 0.495 e. The number of nitrogens with zero attached hydrogens (tertiary/aromatic N) is 4. The van der Waals surface area contributed by atoms with E-state index in [1.54, 1.807) is 25.7 Å². The fraction of sp³-hybridized carbons (Fsp3) is 0.364. The number of aromatic nitrogens is 4. The predicted octanol–water partition coefficient (Wildman–Crippen LogP) is 3.83. The average Bonchev–Trinajstić information content (AvgIpc) is 3.52. The van der Waals surface area contributed by atoms with Gasteiger partial charge in [0, 0.05) is 36.0 Å². The highest BCUT2D eigenvalue weighted by Crippen LogP contribution is 2.47. The maximum Gasteiger partial charge on any atom is 0.224 e. The monoisotopic (exact) mass is 392 g/mol. The van der Waals surface area contributed by atoms with Crippen molar-refractivity contribution < 1.29 is 14.2 Å². The molecule has 0 amide bonds. The van der Waals surface area contributed by atoms with Gasteiger partial charge < -0.3 is 14.2 Å². The molecule has 0 spiro atoms. The Balaban J connectivity index is 1.46. The molecule has 3 aromatic rings. The number of hydrogen-bond acceptors (Lipinski definition) is 7. The Morgan fingerprint density at radius 3 is 2.72 bits per heavy atom. The van der Waals surface area contributed by atoms with Crippen LogP contribution < -0.4 is 14.2 Å². The molecule has 0 bridgehead atoms. The molecule has 4 rings (SSSR count). The van der Waals surface area contributed by atoms with Gasteiger partial charge in [-0.3, -0.25) is 4.98 Å². The molecule has 1 unspecified atom stereocenters. The van der Waals surface area contributed by atoms with Gasteiger partial charge in [-0.25, -0.2) is 9.97 Å². The van der Waals surface area contributed by atoms with Crippen LogP contribution in [0.2, 0.25) is 0 Å². The summed E-state index contributed by atoms with van der Waals surface area (Å²) in [5.41, 5.74) is 2.83. The zero-order chi connectivity index (χ0) is 20.2. The van der Waals surface area contributed by atoms with Gasteiger partial charge in [0.15, 0.2) is 0 Å². The molecule has 7 nitrogen and oxygen atoms in total. The van der Waals surface area contributed by atoms with Crippen LogP contribution >= 0.6 is 0 Å². The van der Waals surface area contributed by atoms with E-state index in [0.717, 1.165) is 29.0 Å². The summed E-state index contributed by atoms with van der Waals surface area (Å²) in [5.74, 6) is 3.44. The number of hydrogen-bond donors (Lipinski definition) is 0. The van der Waals surface area contributed by atoms with Crippen molar-refractivity contribution in [1.82, 2.24) is 19.9 Å². The van der Waals surface area contributed by atoms with Crippen molar-refractivity contribution in [2.24, 2.45) is 5.92 Å². The van der Waals surface area contributed by atoms with Crippen LogP contribution in [-0.2, 0) is 0 Å². The summed E-state index contributed by atoms with van der Waals surface area (Å²) < 4.78 is 16.8. The fourth-order valence-electron chi connectivity index (χ4n) is 3.27. The van der Waals surface area contributed by atoms with E-state index in [0.29, 0.717) is 42.6 Å². The molecule has 0 saturated heterocycles. The van der Waals surface area contributed by atoms with E-state index in [1.807, 2.05) is 38.1 Å². The normalized spacial score (nSPS) is 17.6. The third-order valence-electron chi connectivity index (χ3n) is 4.94. The summed E-state index contributed by atoms with van der Waals surface area (Å²) in [6, 6.07) is 7.76. The molecule has 0 aliphatic heterocycles. The second kappa shape index (κ2) is 8.43. The minimum atomic E-state index is 0.415. The lowest BCUT2D eigenvalue weighted by Gasteiger charge is -2.12. The summed E-state index contributed by atoms with van der Waals surface area (Å²) in [5, 5.41) is 0. The minimum Gasteiger partial charge on any atom is -0.495 e. The molecule has 0 aromatic carbocycles. The first-order valence-corrected chi connectivity index (χ1v) is 9.73. The van der Waals surface area contributed by atoms with Crippen molar-refractivity contribution >= 4 is 0 Å². The van der Waals surface area contributed by atoms with E-state index in [4.69, 9.17) is 14.2 Å². The van der Waals surface area contributed by atoms with Gasteiger partial charge in [-0.15, -0.1) is 0 Å². The zero-order valence-corrected chi connectivity index (χ0v) is 16.8. The minimum absolute atomic E-state index is 0.415. The second-order valence-electron chi connectivity index (χ2n) is 6.99. The van der Waals surface area contributed by atoms with Gasteiger partial charge in [-0.1, -0.05) is 0 Å². The van der Waals surface area contributed by atoms with Gasteiger partial charge >= 0.3 is 0 Å². The number of pyridine rings is 2. The Morgan fingerprint density at radius 1 is 1.07 bits per heavy atom. The van der Waals surface area contributed by atoms with E-state index >= 15 is 0 Å². The van der Waals surface area contributed by atoms with E-state index < -0.39 is 0 Å². The number of rotatable bonds is 8. The van der Waals surface area contributed by atoms with Crippen LogP contribution in [0.3, 0.4) is 0 Å². The first-order valence-electron chi connectivity index (χ1n) is 9.73. The molecule has 1 aliphatic rings. The Hall–Kier alpha value is -3.22. The molecule has 7 heteroatoms. The topological polar surface area (TPSA) is 79.3 Å². The Labute approximate surface area is 170 Å². The zero-order valence-electron chi connectivity index (χ0n) is 16.8. The molecule has 150 valence electrons. The summed E-state index contributed by atoms with van der Waals surface area (Å²) in [7, 11) is 1.64. The molecule has 29 heavy (non-hydrogen) atoms. The van der Waals surface area contributed by atoms with Crippen molar-refractivity contribution in [2.45, 2.75) is 26.2 Å². The maximum atomic E-state index is 6.13. The summed E-state index contributed by atoms with van der Waals surface area (Å²) >= 11 is 0. The quantitative estimate of drug-likeness (QED) is 0.576. The van der Waals surface area contributed by atoms with Gasteiger partial charge in [0.25, 0.3) is 0 Å². The average molecular weight is 392 g/mol. The van der Waals surface area contributed by atoms with Gasteiger partial charge in [0.1, 0.15) is 11.6 Å². The Bertz CT molecular complexity index is 978. The Morgan fingerprint density at radius 2 is 1.97 bits per heavy atom. The van der Waals surface area contributed by atoms with Crippen LogP contribution in [0.4, 0.5) is 0 Å². The lowest BCUT2D eigenvalue weighted by atomic mass is 10.1. The number of methoxy groups -OCH3 is 1. The number of aryl methyl sites for hydroxylation is 1. The molecular formula is C22H24N4O3.